The molecule has 4 rings (SSSR count). The molecular formula is C14H14N6OS. The lowest BCUT2D eigenvalue weighted by molar-refractivity contribution is 0.795. The molecule has 3 aromatic heterocycles. The molecule has 0 fully saturated rings. The number of nitrogen functional groups attached to an aromatic ring is 1. The summed E-state index contributed by atoms with van der Waals surface area (Å²) in [5, 5.41) is 4.26. The van der Waals surface area contributed by atoms with E-state index in [0.717, 1.165) is 32.1 Å². The first kappa shape index (κ1) is 13.1. The van der Waals surface area contributed by atoms with Gasteiger partial charge in [0.2, 0.25) is 10.9 Å². The largest absolute Gasteiger partial charge is 0.366 e. The number of nitrogens with zero attached hydrogens (tertiary/aromatic N) is 5. The second-order valence-corrected chi connectivity index (χ2v) is 6.46. The van der Waals surface area contributed by atoms with Crippen LogP contribution >= 0.6 is 11.3 Å². The number of nitrogens with two attached hydrogens (primary N) is 1. The van der Waals surface area contributed by atoms with Gasteiger partial charge in [-0.1, -0.05) is 17.4 Å². The molecule has 0 unspecified atom stereocenters. The van der Waals surface area contributed by atoms with Crippen LogP contribution in [0.5, 0.6) is 0 Å². The minimum Gasteiger partial charge on any atom is -0.366 e. The molecule has 3 heterocycles. The van der Waals surface area contributed by atoms with E-state index >= 15 is 0 Å². The summed E-state index contributed by atoms with van der Waals surface area (Å²) in [5.41, 5.74) is 9.38. The van der Waals surface area contributed by atoms with Crippen molar-refractivity contribution in [2.45, 2.75) is 6.92 Å². The molecule has 0 aliphatic rings. The summed E-state index contributed by atoms with van der Waals surface area (Å²) < 4.78 is 5.05. The van der Waals surface area contributed by atoms with Crippen molar-refractivity contribution in [2.75, 3.05) is 5.73 Å². The molecule has 4 aromatic rings. The Labute approximate surface area is 129 Å². The van der Waals surface area contributed by atoms with Crippen molar-refractivity contribution in [1.82, 2.24) is 23.7 Å². The first-order chi connectivity index (χ1) is 10.5. The Balaban J connectivity index is 2.06. The van der Waals surface area contributed by atoms with Gasteiger partial charge in [0, 0.05) is 24.5 Å². The van der Waals surface area contributed by atoms with E-state index in [4.69, 9.17) is 5.73 Å². The average Bonchev–Trinajstić information content (AvgIpc) is 3.04. The van der Waals surface area contributed by atoms with Crippen LogP contribution in [-0.2, 0) is 14.1 Å². The molecule has 0 aliphatic heterocycles. The number of fused-ring (bicyclic) bond motifs is 2. The lowest BCUT2D eigenvalue weighted by Crippen LogP contribution is -2.19. The van der Waals surface area contributed by atoms with Crippen LogP contribution in [0, 0.1) is 6.92 Å². The van der Waals surface area contributed by atoms with E-state index in [1.54, 1.807) is 39.1 Å². The average molecular weight is 314 g/mol. The van der Waals surface area contributed by atoms with Crippen molar-refractivity contribution in [1.29, 1.82) is 0 Å². The summed E-state index contributed by atoms with van der Waals surface area (Å²) in [7, 11) is 3.55. The molecule has 0 bridgehead atoms. The number of thiazole rings is 1. The van der Waals surface area contributed by atoms with Gasteiger partial charge in [-0.05, 0) is 19.1 Å². The molecular weight excluding hydrogens is 300 g/mol. The van der Waals surface area contributed by atoms with Gasteiger partial charge in [-0.3, -0.25) is 9.13 Å². The summed E-state index contributed by atoms with van der Waals surface area (Å²) in [6, 6.07) is 5.95. The summed E-state index contributed by atoms with van der Waals surface area (Å²) in [5.74, 6) is 0.265. The SMILES string of the molecule is Cc1sc2nc(N)nn2c1-c1ccc2c(c1)n(C)c(=O)n2C. The Kier molecular flexibility index (Phi) is 2.50. The highest BCUT2D eigenvalue weighted by atomic mass is 32.1. The fourth-order valence-corrected chi connectivity index (χ4v) is 3.77. The van der Waals surface area contributed by atoms with Crippen molar-refractivity contribution in [3.05, 3.63) is 33.6 Å². The fourth-order valence-electron chi connectivity index (χ4n) is 2.84. The van der Waals surface area contributed by atoms with E-state index in [0.29, 0.717) is 0 Å². The number of anilines is 1. The number of rotatable bonds is 1. The molecule has 0 atom stereocenters. The zero-order chi connectivity index (χ0) is 15.6. The molecule has 0 amide bonds. The minimum absolute atomic E-state index is 0.0377. The Morgan fingerprint density at radius 2 is 1.91 bits per heavy atom. The number of hydrogen-bond acceptors (Lipinski definition) is 5. The van der Waals surface area contributed by atoms with E-state index < -0.39 is 0 Å². The second kappa shape index (κ2) is 4.20. The number of benzene rings is 1. The molecule has 1 aromatic carbocycles. The van der Waals surface area contributed by atoms with Gasteiger partial charge in [0.15, 0.2) is 0 Å². The maximum Gasteiger partial charge on any atom is 0.328 e. The van der Waals surface area contributed by atoms with Gasteiger partial charge < -0.3 is 5.73 Å². The van der Waals surface area contributed by atoms with Gasteiger partial charge in [-0.15, -0.1) is 5.10 Å². The molecule has 0 aliphatic carbocycles. The Morgan fingerprint density at radius 1 is 1.18 bits per heavy atom. The van der Waals surface area contributed by atoms with Crippen LogP contribution in [-0.4, -0.2) is 23.7 Å². The predicted octanol–water partition coefficient (Wildman–Crippen LogP) is 1.54. The topological polar surface area (TPSA) is 83.1 Å². The maximum atomic E-state index is 12.1. The smallest absolute Gasteiger partial charge is 0.328 e. The summed E-state index contributed by atoms with van der Waals surface area (Å²) in [6.45, 7) is 2.03. The molecule has 0 saturated heterocycles. The monoisotopic (exact) mass is 314 g/mol. The van der Waals surface area contributed by atoms with E-state index in [2.05, 4.69) is 10.1 Å². The van der Waals surface area contributed by atoms with E-state index in [1.165, 1.54) is 0 Å². The van der Waals surface area contributed by atoms with Gasteiger partial charge in [-0.25, -0.2) is 9.31 Å². The highest BCUT2D eigenvalue weighted by Gasteiger charge is 2.16. The molecule has 22 heavy (non-hydrogen) atoms. The van der Waals surface area contributed by atoms with Crippen LogP contribution < -0.4 is 11.4 Å². The number of imidazole rings is 1. The molecule has 0 radical (unpaired) electrons. The molecule has 2 N–H and O–H groups in total. The Bertz CT molecular complexity index is 1100. The second-order valence-electron chi connectivity index (χ2n) is 5.28. The van der Waals surface area contributed by atoms with Crippen molar-refractivity contribution < 1.29 is 0 Å². The molecule has 0 spiro atoms. The standard InChI is InChI=1S/C14H14N6OS/c1-7-11(20-13(22-7)16-12(15)17-20)8-4-5-9-10(6-8)19(3)14(21)18(9)2/h4-6H,1-3H3,(H2,15,17). The molecule has 112 valence electrons. The molecule has 7 nitrogen and oxygen atoms in total. The van der Waals surface area contributed by atoms with E-state index in [-0.39, 0.29) is 11.6 Å². The molecule has 8 heteroatoms. The lowest BCUT2D eigenvalue weighted by Gasteiger charge is -2.03. The van der Waals surface area contributed by atoms with Gasteiger partial charge in [0.05, 0.1) is 16.7 Å². The van der Waals surface area contributed by atoms with E-state index in [9.17, 15) is 4.79 Å². The van der Waals surface area contributed by atoms with Gasteiger partial charge in [0.25, 0.3) is 0 Å². The number of aromatic nitrogens is 5. The summed E-state index contributed by atoms with van der Waals surface area (Å²) >= 11 is 1.55. The van der Waals surface area contributed by atoms with Crippen LogP contribution in [0.3, 0.4) is 0 Å². The third-order valence-electron chi connectivity index (χ3n) is 3.93. The highest BCUT2D eigenvalue weighted by Crippen LogP contribution is 2.32. The summed E-state index contributed by atoms with van der Waals surface area (Å²) in [4.78, 5) is 18.1. The van der Waals surface area contributed by atoms with Gasteiger partial charge in [-0.2, -0.15) is 4.98 Å². The third kappa shape index (κ3) is 1.58. The first-order valence-corrected chi connectivity index (χ1v) is 7.56. The van der Waals surface area contributed by atoms with Crippen LogP contribution in [0.4, 0.5) is 5.95 Å². The summed E-state index contributed by atoms with van der Waals surface area (Å²) in [6.07, 6.45) is 0. The minimum atomic E-state index is -0.0377. The van der Waals surface area contributed by atoms with Crippen molar-refractivity contribution in [3.63, 3.8) is 0 Å². The van der Waals surface area contributed by atoms with Crippen LogP contribution in [0.2, 0.25) is 0 Å². The fraction of sp³-hybridized carbons (Fsp3) is 0.214. The van der Waals surface area contributed by atoms with Gasteiger partial charge in [0.1, 0.15) is 0 Å². The van der Waals surface area contributed by atoms with Crippen molar-refractivity contribution in [2.24, 2.45) is 14.1 Å². The zero-order valence-corrected chi connectivity index (χ0v) is 13.2. The number of hydrogen-bond donors (Lipinski definition) is 1. The Hall–Kier alpha value is -2.61. The van der Waals surface area contributed by atoms with Crippen molar-refractivity contribution >= 4 is 33.3 Å². The third-order valence-corrected chi connectivity index (χ3v) is 4.88. The highest BCUT2D eigenvalue weighted by molar-refractivity contribution is 7.17. The maximum absolute atomic E-state index is 12.1. The predicted molar refractivity (Wildman–Crippen MR) is 87.2 cm³/mol. The Morgan fingerprint density at radius 3 is 2.68 bits per heavy atom. The van der Waals surface area contributed by atoms with E-state index in [1.807, 2.05) is 25.1 Å². The molecule has 0 saturated carbocycles. The van der Waals surface area contributed by atoms with Gasteiger partial charge >= 0.3 is 5.69 Å². The van der Waals surface area contributed by atoms with Crippen molar-refractivity contribution in [3.8, 4) is 11.3 Å². The normalized spacial score (nSPS) is 11.8. The first-order valence-electron chi connectivity index (χ1n) is 6.75. The van der Waals surface area contributed by atoms with Crippen LogP contribution in [0.1, 0.15) is 4.88 Å². The zero-order valence-electron chi connectivity index (χ0n) is 12.4. The van der Waals surface area contributed by atoms with Crippen LogP contribution in [0.15, 0.2) is 23.0 Å². The van der Waals surface area contributed by atoms with Crippen LogP contribution in [0.25, 0.3) is 27.3 Å². The lowest BCUT2D eigenvalue weighted by atomic mass is 10.1. The quantitative estimate of drug-likeness (QED) is 0.577. The number of aryl methyl sites for hydroxylation is 3.